The Morgan fingerprint density at radius 3 is 2.40 bits per heavy atom. The minimum Gasteiger partial charge on any atom is -0.352 e. The number of carbonyl (C=O) groups excluding carboxylic acids is 1. The molecule has 1 N–H and O–H groups in total. The van der Waals surface area contributed by atoms with Crippen LogP contribution in [-0.4, -0.2) is 17.8 Å². The Balaban J connectivity index is 2.65. The van der Waals surface area contributed by atoms with Crippen molar-refractivity contribution in [2.75, 3.05) is 11.9 Å². The van der Waals surface area contributed by atoms with Crippen molar-refractivity contribution in [2.24, 2.45) is 0 Å². The molecule has 0 aliphatic heterocycles. The molecule has 0 atom stereocenters. The number of hydrogen-bond acceptors (Lipinski definition) is 1. The molecule has 0 heterocycles. The molecular formula is C10H10BrF2NO. The number of rotatable bonds is 4. The molecule has 0 saturated heterocycles. The van der Waals surface area contributed by atoms with E-state index in [1.165, 1.54) is 0 Å². The van der Waals surface area contributed by atoms with Crippen LogP contribution in [0.5, 0.6) is 0 Å². The van der Waals surface area contributed by atoms with Crippen LogP contribution in [-0.2, 0) is 0 Å². The van der Waals surface area contributed by atoms with E-state index < -0.39 is 17.5 Å². The van der Waals surface area contributed by atoms with E-state index in [0.717, 1.165) is 30.0 Å². The summed E-state index contributed by atoms with van der Waals surface area (Å²) >= 11 is 3.21. The first-order valence-electron chi connectivity index (χ1n) is 4.43. The van der Waals surface area contributed by atoms with E-state index in [1.807, 2.05) is 0 Å². The van der Waals surface area contributed by atoms with E-state index in [2.05, 4.69) is 21.2 Å². The lowest BCUT2D eigenvalue weighted by molar-refractivity contribution is 0.0953. The highest BCUT2D eigenvalue weighted by Crippen LogP contribution is 2.07. The molecule has 15 heavy (non-hydrogen) atoms. The molecule has 1 amide bonds. The smallest absolute Gasteiger partial charge is 0.251 e. The van der Waals surface area contributed by atoms with E-state index in [-0.39, 0.29) is 5.56 Å². The predicted octanol–water partition coefficient (Wildman–Crippen LogP) is 2.48. The zero-order valence-corrected chi connectivity index (χ0v) is 9.48. The van der Waals surface area contributed by atoms with Gasteiger partial charge in [-0.15, -0.1) is 0 Å². The van der Waals surface area contributed by atoms with Gasteiger partial charge in [-0.2, -0.15) is 0 Å². The van der Waals surface area contributed by atoms with Crippen molar-refractivity contribution in [1.82, 2.24) is 5.32 Å². The van der Waals surface area contributed by atoms with E-state index in [1.54, 1.807) is 0 Å². The average molecular weight is 278 g/mol. The number of halogens is 3. The summed E-state index contributed by atoms with van der Waals surface area (Å²) in [6.45, 7) is 0.474. The highest BCUT2D eigenvalue weighted by Gasteiger charge is 2.07. The van der Waals surface area contributed by atoms with E-state index >= 15 is 0 Å². The number of benzene rings is 1. The number of amides is 1. The second-order valence-corrected chi connectivity index (χ2v) is 3.75. The fraction of sp³-hybridized carbons (Fsp3) is 0.300. The molecule has 1 aromatic carbocycles. The third-order valence-corrected chi connectivity index (χ3v) is 2.28. The summed E-state index contributed by atoms with van der Waals surface area (Å²) in [6, 6.07) is 2.74. The van der Waals surface area contributed by atoms with Crippen LogP contribution in [0.3, 0.4) is 0 Å². The Kier molecular flexibility index (Phi) is 4.68. The van der Waals surface area contributed by atoms with Gasteiger partial charge in [-0.05, 0) is 18.6 Å². The van der Waals surface area contributed by atoms with Crippen LogP contribution in [0.1, 0.15) is 16.8 Å². The van der Waals surface area contributed by atoms with Crippen molar-refractivity contribution in [3.05, 3.63) is 35.4 Å². The van der Waals surface area contributed by atoms with Crippen molar-refractivity contribution < 1.29 is 13.6 Å². The van der Waals surface area contributed by atoms with Crippen LogP contribution in [0.15, 0.2) is 18.2 Å². The molecule has 0 radical (unpaired) electrons. The Morgan fingerprint density at radius 2 is 1.87 bits per heavy atom. The van der Waals surface area contributed by atoms with Crippen LogP contribution in [0.2, 0.25) is 0 Å². The lowest BCUT2D eigenvalue weighted by atomic mass is 10.2. The summed E-state index contributed by atoms with van der Waals surface area (Å²) in [5.74, 6) is -1.96. The molecule has 0 unspecified atom stereocenters. The Bertz CT molecular complexity index is 337. The topological polar surface area (TPSA) is 29.1 Å². The molecule has 2 nitrogen and oxygen atoms in total. The van der Waals surface area contributed by atoms with Gasteiger partial charge in [0.05, 0.1) is 0 Å². The van der Waals surface area contributed by atoms with Gasteiger partial charge in [0.2, 0.25) is 0 Å². The quantitative estimate of drug-likeness (QED) is 0.665. The Morgan fingerprint density at radius 1 is 1.27 bits per heavy atom. The number of carbonyl (C=O) groups is 1. The van der Waals surface area contributed by atoms with Gasteiger partial charge in [-0.3, -0.25) is 4.79 Å². The van der Waals surface area contributed by atoms with Gasteiger partial charge in [0, 0.05) is 23.5 Å². The van der Waals surface area contributed by atoms with Crippen molar-refractivity contribution in [1.29, 1.82) is 0 Å². The maximum absolute atomic E-state index is 12.7. The van der Waals surface area contributed by atoms with Gasteiger partial charge in [0.25, 0.3) is 5.91 Å². The van der Waals surface area contributed by atoms with Crippen LogP contribution >= 0.6 is 15.9 Å². The largest absolute Gasteiger partial charge is 0.352 e. The third kappa shape index (κ3) is 3.95. The maximum atomic E-state index is 12.7. The average Bonchev–Trinajstić information content (AvgIpc) is 2.16. The molecule has 0 bridgehead atoms. The highest BCUT2D eigenvalue weighted by atomic mass is 79.9. The molecule has 1 aromatic rings. The van der Waals surface area contributed by atoms with Crippen molar-refractivity contribution >= 4 is 21.8 Å². The fourth-order valence-electron chi connectivity index (χ4n) is 1.06. The second kappa shape index (κ2) is 5.80. The van der Waals surface area contributed by atoms with Crippen LogP contribution in [0.25, 0.3) is 0 Å². The van der Waals surface area contributed by atoms with E-state index in [4.69, 9.17) is 0 Å². The first-order chi connectivity index (χ1) is 7.13. The Labute approximate surface area is 94.8 Å². The lowest BCUT2D eigenvalue weighted by Gasteiger charge is -2.04. The third-order valence-electron chi connectivity index (χ3n) is 1.72. The summed E-state index contributed by atoms with van der Waals surface area (Å²) in [4.78, 5) is 11.4. The van der Waals surface area contributed by atoms with E-state index in [9.17, 15) is 13.6 Å². The van der Waals surface area contributed by atoms with E-state index in [0.29, 0.717) is 6.54 Å². The van der Waals surface area contributed by atoms with Crippen molar-refractivity contribution in [2.45, 2.75) is 6.42 Å². The number of nitrogens with one attached hydrogen (secondary N) is 1. The molecule has 0 fully saturated rings. The molecule has 0 aliphatic rings. The predicted molar refractivity (Wildman–Crippen MR) is 57.1 cm³/mol. The SMILES string of the molecule is O=C(NCCCBr)c1cc(F)cc(F)c1. The molecule has 82 valence electrons. The summed E-state index contributed by atoms with van der Waals surface area (Å²) < 4.78 is 25.5. The van der Waals surface area contributed by atoms with Crippen LogP contribution in [0.4, 0.5) is 8.78 Å². The Hall–Kier alpha value is -0.970. The number of hydrogen-bond donors (Lipinski definition) is 1. The summed E-state index contributed by atoms with van der Waals surface area (Å²) in [5, 5.41) is 3.32. The zero-order chi connectivity index (χ0) is 11.3. The lowest BCUT2D eigenvalue weighted by Crippen LogP contribution is -2.24. The molecule has 0 spiro atoms. The summed E-state index contributed by atoms with van der Waals surface area (Å²) in [5.41, 5.74) is 0.00192. The monoisotopic (exact) mass is 277 g/mol. The standard InChI is InChI=1S/C10H10BrF2NO/c11-2-1-3-14-10(15)7-4-8(12)6-9(13)5-7/h4-6H,1-3H2,(H,14,15). The van der Waals surface area contributed by atoms with Crippen LogP contribution < -0.4 is 5.32 Å². The molecule has 1 rings (SSSR count). The molecule has 0 aliphatic carbocycles. The number of alkyl halides is 1. The van der Waals surface area contributed by atoms with Gasteiger partial charge in [0.15, 0.2) is 0 Å². The minimum absolute atomic E-state index is 0.00192. The maximum Gasteiger partial charge on any atom is 0.251 e. The minimum atomic E-state index is -0.749. The van der Waals surface area contributed by atoms with Crippen LogP contribution in [0, 0.1) is 11.6 Å². The summed E-state index contributed by atoms with van der Waals surface area (Å²) in [7, 11) is 0. The van der Waals surface area contributed by atoms with Gasteiger partial charge in [-0.25, -0.2) is 8.78 Å². The van der Waals surface area contributed by atoms with Gasteiger partial charge >= 0.3 is 0 Å². The normalized spacial score (nSPS) is 10.1. The first-order valence-corrected chi connectivity index (χ1v) is 5.56. The molecule has 5 heteroatoms. The highest BCUT2D eigenvalue weighted by molar-refractivity contribution is 9.09. The zero-order valence-electron chi connectivity index (χ0n) is 7.90. The van der Waals surface area contributed by atoms with Crippen molar-refractivity contribution in [3.63, 3.8) is 0 Å². The van der Waals surface area contributed by atoms with Gasteiger partial charge in [-0.1, -0.05) is 15.9 Å². The second-order valence-electron chi connectivity index (χ2n) is 2.96. The fourth-order valence-corrected chi connectivity index (χ4v) is 1.34. The van der Waals surface area contributed by atoms with Crippen molar-refractivity contribution in [3.8, 4) is 0 Å². The van der Waals surface area contributed by atoms with Gasteiger partial charge in [0.1, 0.15) is 11.6 Å². The molecule has 0 aromatic heterocycles. The molecule has 0 saturated carbocycles. The first kappa shape index (κ1) is 12.1. The molecular weight excluding hydrogens is 268 g/mol. The van der Waals surface area contributed by atoms with Gasteiger partial charge < -0.3 is 5.32 Å². The summed E-state index contributed by atoms with van der Waals surface area (Å²) in [6.07, 6.45) is 0.767.